The van der Waals surface area contributed by atoms with Crippen LogP contribution in [0, 0.1) is 5.92 Å². The summed E-state index contributed by atoms with van der Waals surface area (Å²) in [5.74, 6) is -0.517. The highest BCUT2D eigenvalue weighted by atomic mass is 35.5. The molecule has 1 N–H and O–H groups in total. The van der Waals surface area contributed by atoms with Crippen LogP contribution in [0.2, 0.25) is 5.02 Å². The van der Waals surface area contributed by atoms with E-state index in [0.29, 0.717) is 23.7 Å². The molecule has 1 saturated heterocycles. The summed E-state index contributed by atoms with van der Waals surface area (Å²) < 4.78 is 5.21. The van der Waals surface area contributed by atoms with Gasteiger partial charge in [-0.3, -0.25) is 9.59 Å². The van der Waals surface area contributed by atoms with E-state index in [1.54, 1.807) is 19.1 Å². The maximum Gasteiger partial charge on any atom is 0.310 e. The number of nitrogens with zero attached hydrogens (tertiary/aromatic N) is 1. The second kappa shape index (κ2) is 5.17. The van der Waals surface area contributed by atoms with Gasteiger partial charge in [0.1, 0.15) is 5.82 Å². The highest BCUT2D eigenvalue weighted by molar-refractivity contribution is 6.30. The molecular weight excluding hydrogens is 268 g/mol. The first-order valence-electron chi connectivity index (χ1n) is 6.10. The van der Waals surface area contributed by atoms with Gasteiger partial charge >= 0.3 is 5.97 Å². The van der Waals surface area contributed by atoms with Gasteiger partial charge in [-0.05, 0) is 25.5 Å². The number of hydrogen-bond donors (Lipinski definition) is 1. The lowest BCUT2D eigenvalue weighted by Crippen LogP contribution is -2.40. The molecule has 1 aliphatic rings. The predicted molar refractivity (Wildman–Crippen MR) is 70.8 cm³/mol. The Labute approximate surface area is 116 Å². The average Bonchev–Trinajstić information content (AvgIpc) is 2.68. The molecule has 2 heterocycles. The van der Waals surface area contributed by atoms with Crippen LogP contribution in [0.3, 0.4) is 0 Å². The lowest BCUT2D eigenvalue weighted by atomic mass is 9.93. The number of anilines is 1. The Hall–Kier alpha value is -1.62. The number of rotatable bonds is 3. The van der Waals surface area contributed by atoms with Gasteiger partial charge in [-0.25, -0.2) is 4.98 Å². The third-order valence-corrected chi connectivity index (χ3v) is 3.46. The predicted octanol–water partition coefficient (Wildman–Crippen LogP) is 2.41. The fourth-order valence-corrected chi connectivity index (χ4v) is 2.16. The van der Waals surface area contributed by atoms with E-state index < -0.39 is 5.60 Å². The Morgan fingerprint density at radius 3 is 2.89 bits per heavy atom. The number of carbonyl (C=O) groups is 2. The van der Waals surface area contributed by atoms with Gasteiger partial charge in [0.15, 0.2) is 5.60 Å². The number of esters is 1. The summed E-state index contributed by atoms with van der Waals surface area (Å²) in [6.07, 6.45) is 2.50. The lowest BCUT2D eigenvalue weighted by Gasteiger charge is -2.21. The third-order valence-electron chi connectivity index (χ3n) is 3.24. The van der Waals surface area contributed by atoms with Crippen LogP contribution >= 0.6 is 11.6 Å². The highest BCUT2D eigenvalue weighted by Crippen LogP contribution is 2.33. The van der Waals surface area contributed by atoms with Crippen molar-refractivity contribution in [3.8, 4) is 0 Å². The molecule has 2 atom stereocenters. The van der Waals surface area contributed by atoms with Gasteiger partial charge in [0.05, 0.1) is 10.9 Å². The first kappa shape index (κ1) is 13.8. The molecule has 0 unspecified atom stereocenters. The molecule has 0 aliphatic carbocycles. The molecule has 5 nitrogen and oxygen atoms in total. The number of pyridine rings is 1. The molecule has 6 heteroatoms. The van der Waals surface area contributed by atoms with Gasteiger partial charge in [0, 0.05) is 12.6 Å². The van der Waals surface area contributed by atoms with E-state index >= 15 is 0 Å². The maximum atomic E-state index is 12.2. The summed E-state index contributed by atoms with van der Waals surface area (Å²) in [4.78, 5) is 27.7. The molecule has 0 aromatic carbocycles. The SMILES string of the molecule is CC[C@@H]1C[C@](C)(C(=O)Nc2ccc(Cl)cn2)OC1=O. The van der Waals surface area contributed by atoms with E-state index in [1.165, 1.54) is 6.20 Å². The normalized spacial score (nSPS) is 26.1. The van der Waals surface area contributed by atoms with E-state index in [1.807, 2.05) is 6.92 Å². The molecule has 1 aliphatic heterocycles. The number of amides is 1. The highest BCUT2D eigenvalue weighted by Gasteiger charge is 2.48. The van der Waals surface area contributed by atoms with Crippen LogP contribution in [0.5, 0.6) is 0 Å². The van der Waals surface area contributed by atoms with Gasteiger partial charge in [-0.1, -0.05) is 18.5 Å². The van der Waals surface area contributed by atoms with Crippen LogP contribution in [0.15, 0.2) is 18.3 Å². The molecule has 2 rings (SSSR count). The Balaban J connectivity index is 2.08. The molecule has 1 aromatic rings. The summed E-state index contributed by atoms with van der Waals surface area (Å²) in [5.41, 5.74) is -1.13. The van der Waals surface area contributed by atoms with E-state index in [0.717, 1.165) is 0 Å². The number of ether oxygens (including phenoxy) is 1. The molecule has 19 heavy (non-hydrogen) atoms. The Morgan fingerprint density at radius 2 is 2.37 bits per heavy atom. The van der Waals surface area contributed by atoms with Gasteiger partial charge in [0.25, 0.3) is 5.91 Å². The van der Waals surface area contributed by atoms with Crippen LogP contribution in [-0.2, 0) is 14.3 Å². The zero-order valence-electron chi connectivity index (χ0n) is 10.8. The monoisotopic (exact) mass is 282 g/mol. The second-order valence-corrected chi connectivity index (χ2v) is 5.21. The smallest absolute Gasteiger partial charge is 0.310 e. The zero-order chi connectivity index (χ0) is 14.0. The van der Waals surface area contributed by atoms with Crippen molar-refractivity contribution >= 4 is 29.3 Å². The molecule has 1 amide bonds. The molecule has 0 spiro atoms. The molecule has 0 radical (unpaired) electrons. The molecule has 0 bridgehead atoms. The van der Waals surface area contributed by atoms with E-state index in [2.05, 4.69) is 10.3 Å². The van der Waals surface area contributed by atoms with Crippen molar-refractivity contribution in [2.45, 2.75) is 32.3 Å². The van der Waals surface area contributed by atoms with Crippen molar-refractivity contribution in [3.05, 3.63) is 23.4 Å². The van der Waals surface area contributed by atoms with Crippen molar-refractivity contribution in [2.75, 3.05) is 5.32 Å². The number of halogens is 1. The molecule has 0 saturated carbocycles. The van der Waals surface area contributed by atoms with Crippen LogP contribution in [-0.4, -0.2) is 22.5 Å². The molecule has 1 fully saturated rings. The number of cyclic esters (lactones) is 1. The maximum absolute atomic E-state index is 12.2. The van der Waals surface area contributed by atoms with Crippen molar-refractivity contribution in [3.63, 3.8) is 0 Å². The first-order valence-corrected chi connectivity index (χ1v) is 6.48. The summed E-state index contributed by atoms with van der Waals surface area (Å²) in [5, 5.41) is 3.12. The molecule has 102 valence electrons. The largest absolute Gasteiger partial charge is 0.449 e. The van der Waals surface area contributed by atoms with Crippen LogP contribution < -0.4 is 5.32 Å². The van der Waals surface area contributed by atoms with E-state index in [9.17, 15) is 9.59 Å². The van der Waals surface area contributed by atoms with E-state index in [4.69, 9.17) is 16.3 Å². The Bertz CT molecular complexity index is 503. The number of hydrogen-bond acceptors (Lipinski definition) is 4. The Kier molecular flexibility index (Phi) is 3.75. The second-order valence-electron chi connectivity index (χ2n) is 4.78. The molecular formula is C13H15ClN2O3. The minimum atomic E-state index is -1.13. The topological polar surface area (TPSA) is 68.3 Å². The van der Waals surface area contributed by atoms with Crippen molar-refractivity contribution in [1.82, 2.24) is 4.98 Å². The fourth-order valence-electron chi connectivity index (χ4n) is 2.05. The lowest BCUT2D eigenvalue weighted by molar-refractivity contribution is -0.155. The summed E-state index contributed by atoms with van der Waals surface area (Å²) >= 11 is 5.72. The quantitative estimate of drug-likeness (QED) is 0.865. The standard InChI is InChI=1S/C13H15ClN2O3/c1-3-8-6-13(2,19-11(8)17)12(18)16-10-5-4-9(14)7-15-10/h4-5,7-8H,3,6H2,1-2H3,(H,15,16,18)/t8-,13-/m1/s1. The number of nitrogens with one attached hydrogen (secondary N) is 1. The van der Waals surface area contributed by atoms with E-state index in [-0.39, 0.29) is 17.8 Å². The Morgan fingerprint density at radius 1 is 1.63 bits per heavy atom. The fraction of sp³-hybridized carbons (Fsp3) is 0.462. The number of aromatic nitrogens is 1. The minimum absolute atomic E-state index is 0.214. The van der Waals surface area contributed by atoms with Crippen LogP contribution in [0.25, 0.3) is 0 Å². The van der Waals surface area contributed by atoms with Crippen molar-refractivity contribution in [2.24, 2.45) is 5.92 Å². The zero-order valence-corrected chi connectivity index (χ0v) is 11.5. The van der Waals surface area contributed by atoms with Crippen molar-refractivity contribution in [1.29, 1.82) is 0 Å². The minimum Gasteiger partial charge on any atom is -0.449 e. The van der Waals surface area contributed by atoms with Crippen LogP contribution in [0.1, 0.15) is 26.7 Å². The first-order chi connectivity index (χ1) is 8.94. The third kappa shape index (κ3) is 2.87. The summed E-state index contributed by atoms with van der Waals surface area (Å²) in [7, 11) is 0. The summed E-state index contributed by atoms with van der Waals surface area (Å²) in [6.45, 7) is 3.52. The summed E-state index contributed by atoms with van der Waals surface area (Å²) in [6, 6.07) is 3.22. The number of carbonyl (C=O) groups excluding carboxylic acids is 2. The molecule has 1 aromatic heterocycles. The van der Waals surface area contributed by atoms with Gasteiger partial charge < -0.3 is 10.1 Å². The van der Waals surface area contributed by atoms with Gasteiger partial charge in [-0.2, -0.15) is 0 Å². The van der Waals surface area contributed by atoms with Gasteiger partial charge in [-0.15, -0.1) is 0 Å². The van der Waals surface area contributed by atoms with Gasteiger partial charge in [0.2, 0.25) is 0 Å². The average molecular weight is 283 g/mol. The van der Waals surface area contributed by atoms with Crippen molar-refractivity contribution < 1.29 is 14.3 Å². The van der Waals surface area contributed by atoms with Crippen LogP contribution in [0.4, 0.5) is 5.82 Å².